The summed E-state index contributed by atoms with van der Waals surface area (Å²) in [5.74, 6) is -0.677. The number of carbonyl (C=O) groups is 1. The highest BCUT2D eigenvalue weighted by atomic mass is 16.8. The third kappa shape index (κ3) is 1.80. The van der Waals surface area contributed by atoms with Gasteiger partial charge in [-0.25, -0.2) is 0 Å². The minimum Gasteiger partial charge on any atom is -0.733 e. The van der Waals surface area contributed by atoms with E-state index in [1.165, 1.54) is 0 Å². The SMILES string of the molecule is Cc1cc2c(c(N([O-])O)c1C)NC(=O)C(O)N2. The van der Waals surface area contributed by atoms with Crippen LogP contribution in [0.15, 0.2) is 6.07 Å². The topological polar surface area (TPSA) is 108 Å². The van der Waals surface area contributed by atoms with Gasteiger partial charge in [-0.1, -0.05) is 0 Å². The zero-order chi connectivity index (χ0) is 12.7. The number of aliphatic hydroxyl groups is 1. The average molecular weight is 238 g/mol. The molecule has 1 aliphatic heterocycles. The Balaban J connectivity index is 2.64. The molecule has 0 saturated carbocycles. The maximum atomic E-state index is 11.3. The largest absolute Gasteiger partial charge is 0.733 e. The highest BCUT2D eigenvalue weighted by molar-refractivity contribution is 6.06. The number of nitrogens with zero attached hydrogens (tertiary/aromatic N) is 1. The van der Waals surface area contributed by atoms with Crippen LogP contribution in [0.2, 0.25) is 0 Å². The Morgan fingerprint density at radius 1 is 1.47 bits per heavy atom. The molecule has 0 radical (unpaired) electrons. The molecule has 0 fully saturated rings. The molecule has 0 saturated heterocycles. The Hall–Kier alpha value is -1.83. The molecule has 1 unspecified atom stereocenters. The quantitative estimate of drug-likeness (QED) is 0.536. The molecule has 0 aromatic heterocycles. The van der Waals surface area contributed by atoms with Gasteiger partial charge in [-0.15, -0.1) is 0 Å². The van der Waals surface area contributed by atoms with Crippen molar-refractivity contribution in [2.75, 3.05) is 15.9 Å². The van der Waals surface area contributed by atoms with Crippen LogP contribution in [0.25, 0.3) is 0 Å². The van der Waals surface area contributed by atoms with E-state index in [1.54, 1.807) is 19.9 Å². The molecule has 0 bridgehead atoms. The normalized spacial score (nSPS) is 18.2. The summed E-state index contributed by atoms with van der Waals surface area (Å²) in [6.45, 7) is 3.41. The average Bonchev–Trinajstić information content (AvgIpc) is 2.23. The van der Waals surface area contributed by atoms with Crippen LogP contribution in [0.5, 0.6) is 0 Å². The highest BCUT2D eigenvalue weighted by Crippen LogP contribution is 2.39. The summed E-state index contributed by atoms with van der Waals surface area (Å²) < 4.78 is 0. The van der Waals surface area contributed by atoms with Crippen LogP contribution in [0.4, 0.5) is 17.1 Å². The number of carbonyl (C=O) groups excluding carboxylic acids is 1. The second kappa shape index (κ2) is 3.88. The number of anilines is 3. The molecule has 92 valence electrons. The van der Waals surface area contributed by atoms with Crippen molar-refractivity contribution >= 4 is 23.0 Å². The first-order chi connectivity index (χ1) is 7.91. The Labute approximate surface area is 97.2 Å². The first kappa shape index (κ1) is 11.6. The fraction of sp³-hybridized carbons (Fsp3) is 0.300. The minimum atomic E-state index is -1.36. The van der Waals surface area contributed by atoms with Crippen molar-refractivity contribution in [2.45, 2.75) is 20.1 Å². The van der Waals surface area contributed by atoms with E-state index in [0.29, 0.717) is 11.3 Å². The van der Waals surface area contributed by atoms with Crippen LogP contribution in [0.1, 0.15) is 11.1 Å². The first-order valence-corrected chi connectivity index (χ1v) is 4.97. The molecule has 0 aliphatic carbocycles. The van der Waals surface area contributed by atoms with Crippen molar-refractivity contribution in [3.63, 3.8) is 0 Å². The number of hydrogen-bond acceptors (Lipinski definition) is 6. The maximum Gasteiger partial charge on any atom is 0.274 e. The monoisotopic (exact) mass is 238 g/mol. The molecule has 0 spiro atoms. The van der Waals surface area contributed by atoms with Crippen LogP contribution in [0, 0.1) is 19.1 Å². The molecule has 1 aliphatic rings. The van der Waals surface area contributed by atoms with Crippen LogP contribution < -0.4 is 15.9 Å². The number of hydrogen-bond donors (Lipinski definition) is 4. The predicted molar refractivity (Wildman–Crippen MR) is 61.8 cm³/mol. The Morgan fingerprint density at radius 3 is 2.71 bits per heavy atom. The van der Waals surface area contributed by atoms with Gasteiger partial charge in [0.25, 0.3) is 5.91 Å². The van der Waals surface area contributed by atoms with Gasteiger partial charge in [-0.05, 0) is 31.0 Å². The minimum absolute atomic E-state index is 0.0345. The molecule has 1 heterocycles. The number of aliphatic hydroxyl groups excluding tert-OH is 1. The molecule has 1 amide bonds. The molecule has 7 nitrogen and oxygen atoms in total. The number of benzene rings is 1. The Bertz CT molecular complexity index is 487. The van der Waals surface area contributed by atoms with Crippen LogP contribution >= 0.6 is 0 Å². The summed E-state index contributed by atoms with van der Waals surface area (Å²) in [5, 5.41) is 34.1. The lowest BCUT2D eigenvalue weighted by molar-refractivity contribution is -0.122. The summed E-state index contributed by atoms with van der Waals surface area (Å²) >= 11 is 0. The number of nitrogens with one attached hydrogen (secondary N) is 2. The van der Waals surface area contributed by atoms with E-state index < -0.39 is 12.1 Å². The van der Waals surface area contributed by atoms with Crippen molar-refractivity contribution in [1.29, 1.82) is 0 Å². The van der Waals surface area contributed by atoms with Gasteiger partial charge in [0.05, 0.1) is 17.1 Å². The standard InChI is InChI=1S/C10H12N3O4/c1-4-3-6-7(8(5(4)2)13(16)17)12-10(15)9(14)11-6/h3,9,11,14,16H,1-2H3,(H,12,15)/q-1. The molecule has 17 heavy (non-hydrogen) atoms. The lowest BCUT2D eigenvalue weighted by Gasteiger charge is -2.32. The van der Waals surface area contributed by atoms with E-state index >= 15 is 0 Å². The van der Waals surface area contributed by atoms with E-state index in [4.69, 9.17) is 5.21 Å². The predicted octanol–water partition coefficient (Wildman–Crippen LogP) is 0.679. The number of aryl methyl sites for hydroxylation is 1. The van der Waals surface area contributed by atoms with Crippen molar-refractivity contribution in [3.8, 4) is 0 Å². The van der Waals surface area contributed by atoms with Crippen LogP contribution in [0.3, 0.4) is 0 Å². The van der Waals surface area contributed by atoms with Gasteiger partial charge in [0.2, 0.25) is 6.23 Å². The van der Waals surface area contributed by atoms with E-state index in [1.807, 2.05) is 0 Å². The van der Waals surface area contributed by atoms with Crippen molar-refractivity contribution < 1.29 is 15.1 Å². The third-order valence-corrected chi connectivity index (χ3v) is 2.79. The maximum absolute atomic E-state index is 11.3. The van der Waals surface area contributed by atoms with Crippen molar-refractivity contribution in [2.24, 2.45) is 0 Å². The molecule has 4 N–H and O–H groups in total. The van der Waals surface area contributed by atoms with Gasteiger partial charge < -0.3 is 26.2 Å². The number of fused-ring (bicyclic) bond motifs is 1. The van der Waals surface area contributed by atoms with Gasteiger partial charge in [-0.2, -0.15) is 0 Å². The summed E-state index contributed by atoms with van der Waals surface area (Å²) in [5.41, 5.74) is 1.84. The van der Waals surface area contributed by atoms with E-state index in [0.717, 1.165) is 5.56 Å². The fourth-order valence-corrected chi connectivity index (χ4v) is 1.78. The molecule has 1 aromatic carbocycles. The van der Waals surface area contributed by atoms with Crippen LogP contribution in [-0.2, 0) is 4.79 Å². The third-order valence-electron chi connectivity index (χ3n) is 2.79. The lowest BCUT2D eigenvalue weighted by atomic mass is 10.0. The molecular formula is C10H12N3O4-. The zero-order valence-electron chi connectivity index (χ0n) is 9.31. The van der Waals surface area contributed by atoms with E-state index in [2.05, 4.69) is 10.6 Å². The van der Waals surface area contributed by atoms with Gasteiger partial charge >= 0.3 is 0 Å². The van der Waals surface area contributed by atoms with Gasteiger partial charge in [0, 0.05) is 0 Å². The summed E-state index contributed by atoms with van der Waals surface area (Å²) in [6, 6.07) is 1.68. The van der Waals surface area contributed by atoms with Gasteiger partial charge in [0.1, 0.15) is 0 Å². The van der Waals surface area contributed by atoms with Crippen molar-refractivity contribution in [3.05, 3.63) is 22.4 Å². The highest BCUT2D eigenvalue weighted by Gasteiger charge is 2.27. The second-order valence-corrected chi connectivity index (χ2v) is 3.90. The number of amides is 1. The Kier molecular flexibility index (Phi) is 2.66. The van der Waals surface area contributed by atoms with Crippen molar-refractivity contribution in [1.82, 2.24) is 0 Å². The smallest absolute Gasteiger partial charge is 0.274 e. The molecule has 7 heteroatoms. The number of rotatable bonds is 1. The second-order valence-electron chi connectivity index (χ2n) is 3.90. The molecule has 2 rings (SSSR count). The van der Waals surface area contributed by atoms with Crippen LogP contribution in [-0.4, -0.2) is 22.4 Å². The summed E-state index contributed by atoms with van der Waals surface area (Å²) in [7, 11) is 0. The molecular weight excluding hydrogens is 226 g/mol. The molecule has 1 atom stereocenters. The zero-order valence-corrected chi connectivity index (χ0v) is 9.31. The molecule has 1 aromatic rings. The van der Waals surface area contributed by atoms with Gasteiger partial charge in [-0.3, -0.25) is 10.0 Å². The van der Waals surface area contributed by atoms with Gasteiger partial charge in [0.15, 0.2) is 0 Å². The Morgan fingerprint density at radius 2 is 2.12 bits per heavy atom. The van der Waals surface area contributed by atoms with E-state index in [9.17, 15) is 15.1 Å². The summed E-state index contributed by atoms with van der Waals surface area (Å²) in [6.07, 6.45) is -1.36. The fourth-order valence-electron chi connectivity index (χ4n) is 1.78. The lowest BCUT2D eigenvalue weighted by Crippen LogP contribution is -2.39. The van der Waals surface area contributed by atoms with E-state index in [-0.39, 0.29) is 16.6 Å². The first-order valence-electron chi connectivity index (χ1n) is 4.97. The summed E-state index contributed by atoms with van der Waals surface area (Å²) in [4.78, 5) is 11.3.